The minimum Gasteiger partial charge on any atom is -0.481 e. The number of carboxylic acids is 2. The second-order valence-electron chi connectivity index (χ2n) is 6.78. The van der Waals surface area contributed by atoms with Gasteiger partial charge in [-0.15, -0.1) is 0 Å². The number of rotatable bonds is 13. The number of nitrogens with two attached hydrogens (primary N) is 1. The number of hydrogen-bond donors (Lipinski definition) is 8. The van der Waals surface area contributed by atoms with Crippen molar-refractivity contribution in [2.24, 2.45) is 5.73 Å². The fraction of sp³-hybridized carbons (Fsp3) is 0.421. The molecule has 12 nitrogen and oxygen atoms in total. The Bertz CT molecular complexity index is 823. The molecule has 0 aliphatic heterocycles. The van der Waals surface area contributed by atoms with E-state index in [0.29, 0.717) is 0 Å². The molecule has 0 aromatic heterocycles. The van der Waals surface area contributed by atoms with Crippen LogP contribution in [0.3, 0.4) is 0 Å². The Morgan fingerprint density at radius 2 is 1.41 bits per heavy atom. The largest absolute Gasteiger partial charge is 0.481 e. The molecule has 176 valence electrons. The first kappa shape index (κ1) is 26.9. The van der Waals surface area contributed by atoms with Gasteiger partial charge >= 0.3 is 11.9 Å². The van der Waals surface area contributed by atoms with E-state index in [-0.39, 0.29) is 12.2 Å². The molecule has 0 saturated carbocycles. The summed E-state index contributed by atoms with van der Waals surface area (Å²) in [6.07, 6.45) is -0.701. The molecular formula is C19H26N4O8S. The topological polar surface area (TPSA) is 208 Å². The van der Waals surface area contributed by atoms with Crippen molar-refractivity contribution in [2.75, 3.05) is 12.4 Å². The van der Waals surface area contributed by atoms with Crippen LogP contribution in [0.15, 0.2) is 30.3 Å². The Morgan fingerprint density at radius 3 is 1.91 bits per heavy atom. The fourth-order valence-corrected chi connectivity index (χ4v) is 2.80. The average Bonchev–Trinajstić information content (AvgIpc) is 2.74. The molecule has 13 heteroatoms. The Hall–Kier alpha value is -3.16. The molecule has 3 amide bonds. The minimum atomic E-state index is -1.66. The monoisotopic (exact) mass is 470 g/mol. The third-order valence-electron chi connectivity index (χ3n) is 4.26. The molecule has 0 heterocycles. The van der Waals surface area contributed by atoms with Gasteiger partial charge in [0.1, 0.15) is 18.1 Å². The maximum atomic E-state index is 12.4. The van der Waals surface area contributed by atoms with E-state index in [1.807, 2.05) is 0 Å². The summed E-state index contributed by atoms with van der Waals surface area (Å²) in [6.45, 7) is -0.856. The van der Waals surface area contributed by atoms with Gasteiger partial charge in [0.15, 0.2) is 0 Å². The van der Waals surface area contributed by atoms with E-state index in [0.717, 1.165) is 5.56 Å². The summed E-state index contributed by atoms with van der Waals surface area (Å²) < 4.78 is 0. The van der Waals surface area contributed by atoms with Gasteiger partial charge in [-0.1, -0.05) is 30.3 Å². The van der Waals surface area contributed by atoms with E-state index in [9.17, 15) is 29.1 Å². The van der Waals surface area contributed by atoms with Gasteiger partial charge in [0.25, 0.3) is 0 Å². The molecule has 1 aromatic rings. The van der Waals surface area contributed by atoms with Crippen LogP contribution in [-0.2, 0) is 30.4 Å². The maximum Gasteiger partial charge on any atom is 0.327 e. The molecule has 8 N–H and O–H groups in total. The first-order chi connectivity index (χ1) is 15.1. The van der Waals surface area contributed by atoms with Gasteiger partial charge in [0, 0.05) is 5.75 Å². The number of carbonyl (C=O) groups excluding carboxylic acids is 3. The van der Waals surface area contributed by atoms with Crippen molar-refractivity contribution in [3.63, 3.8) is 0 Å². The zero-order valence-electron chi connectivity index (χ0n) is 16.9. The lowest BCUT2D eigenvalue weighted by Gasteiger charge is -2.23. The molecule has 0 fully saturated rings. The number of carboxylic acid groups (broad SMARTS) is 2. The quantitative estimate of drug-likeness (QED) is 0.143. The first-order valence-electron chi connectivity index (χ1n) is 9.46. The highest BCUT2D eigenvalue weighted by molar-refractivity contribution is 7.80. The molecule has 4 unspecified atom stereocenters. The molecule has 0 saturated heterocycles. The first-order valence-corrected chi connectivity index (χ1v) is 10.1. The van der Waals surface area contributed by atoms with E-state index in [4.69, 9.17) is 15.9 Å². The Morgan fingerprint density at radius 1 is 0.875 bits per heavy atom. The number of hydrogen-bond acceptors (Lipinski definition) is 8. The number of aliphatic hydroxyl groups is 1. The second kappa shape index (κ2) is 13.3. The maximum absolute atomic E-state index is 12.4. The average molecular weight is 471 g/mol. The van der Waals surface area contributed by atoms with Crippen LogP contribution < -0.4 is 21.7 Å². The molecular weight excluding hydrogens is 444 g/mol. The van der Waals surface area contributed by atoms with Crippen LogP contribution >= 0.6 is 12.6 Å². The molecule has 4 atom stereocenters. The molecule has 0 spiro atoms. The van der Waals surface area contributed by atoms with Crippen molar-refractivity contribution in [1.29, 1.82) is 0 Å². The summed E-state index contributed by atoms with van der Waals surface area (Å²) in [6, 6.07) is 3.20. The SMILES string of the molecule is NC(Cc1ccccc1)C(=O)NC(CO)C(=O)NC(CC(=O)O)C(=O)NC(CS)C(=O)O. The number of amides is 3. The summed E-state index contributed by atoms with van der Waals surface area (Å²) in [5, 5.41) is 33.9. The molecule has 32 heavy (non-hydrogen) atoms. The van der Waals surface area contributed by atoms with Gasteiger partial charge in [-0.05, 0) is 12.0 Å². The summed E-state index contributed by atoms with van der Waals surface area (Å²) in [7, 11) is 0. The second-order valence-corrected chi connectivity index (χ2v) is 7.15. The smallest absolute Gasteiger partial charge is 0.327 e. The summed E-state index contributed by atoms with van der Waals surface area (Å²) in [5.41, 5.74) is 6.61. The van der Waals surface area contributed by atoms with Gasteiger partial charge in [-0.25, -0.2) is 4.79 Å². The zero-order valence-corrected chi connectivity index (χ0v) is 17.8. The number of carbonyl (C=O) groups is 5. The summed E-state index contributed by atoms with van der Waals surface area (Å²) in [5.74, 6) is -6.00. The van der Waals surface area contributed by atoms with Crippen molar-refractivity contribution in [2.45, 2.75) is 37.0 Å². The van der Waals surface area contributed by atoms with Crippen molar-refractivity contribution >= 4 is 42.3 Å². The van der Waals surface area contributed by atoms with Crippen LogP contribution in [0.4, 0.5) is 0 Å². The van der Waals surface area contributed by atoms with E-state index < -0.39 is 66.9 Å². The van der Waals surface area contributed by atoms with Crippen molar-refractivity contribution in [1.82, 2.24) is 16.0 Å². The lowest BCUT2D eigenvalue weighted by atomic mass is 10.1. The number of aliphatic carboxylic acids is 2. The van der Waals surface area contributed by atoms with E-state index >= 15 is 0 Å². The van der Waals surface area contributed by atoms with Crippen LogP contribution in [0.25, 0.3) is 0 Å². The highest BCUT2D eigenvalue weighted by Gasteiger charge is 2.31. The number of nitrogens with one attached hydrogen (secondary N) is 3. The van der Waals surface area contributed by atoms with Gasteiger partial charge < -0.3 is 37.0 Å². The van der Waals surface area contributed by atoms with Gasteiger partial charge in [0.2, 0.25) is 17.7 Å². The predicted octanol–water partition coefficient (Wildman–Crippen LogP) is -2.51. The van der Waals surface area contributed by atoms with Crippen molar-refractivity contribution < 1.29 is 39.3 Å². The van der Waals surface area contributed by atoms with Crippen LogP contribution in [-0.4, -0.2) is 81.5 Å². The lowest BCUT2D eigenvalue weighted by molar-refractivity contribution is -0.143. The van der Waals surface area contributed by atoms with Crippen molar-refractivity contribution in [3.05, 3.63) is 35.9 Å². The third kappa shape index (κ3) is 8.91. The van der Waals surface area contributed by atoms with E-state index in [2.05, 4.69) is 28.6 Å². The van der Waals surface area contributed by atoms with E-state index in [1.54, 1.807) is 30.3 Å². The normalized spacial score (nSPS) is 14.3. The summed E-state index contributed by atoms with van der Waals surface area (Å²) in [4.78, 5) is 59.1. The van der Waals surface area contributed by atoms with Gasteiger partial charge in [-0.3, -0.25) is 19.2 Å². The molecule has 0 bridgehead atoms. The van der Waals surface area contributed by atoms with Crippen molar-refractivity contribution in [3.8, 4) is 0 Å². The molecule has 0 aliphatic carbocycles. The molecule has 0 aliphatic rings. The Kier molecular flexibility index (Phi) is 11.2. The molecule has 0 radical (unpaired) electrons. The van der Waals surface area contributed by atoms with Gasteiger partial charge in [-0.2, -0.15) is 12.6 Å². The highest BCUT2D eigenvalue weighted by atomic mass is 32.1. The lowest BCUT2D eigenvalue weighted by Crippen LogP contribution is -2.58. The fourth-order valence-electron chi connectivity index (χ4n) is 2.55. The number of benzene rings is 1. The van der Waals surface area contributed by atoms with Gasteiger partial charge in [0.05, 0.1) is 19.1 Å². The minimum absolute atomic E-state index is 0.163. The Balaban J connectivity index is 2.80. The third-order valence-corrected chi connectivity index (χ3v) is 4.62. The zero-order chi connectivity index (χ0) is 24.3. The van der Waals surface area contributed by atoms with E-state index in [1.165, 1.54) is 0 Å². The molecule has 1 aromatic carbocycles. The van der Waals surface area contributed by atoms with Crippen LogP contribution in [0, 0.1) is 0 Å². The van der Waals surface area contributed by atoms with Crippen LogP contribution in [0.2, 0.25) is 0 Å². The summed E-state index contributed by atoms with van der Waals surface area (Å²) >= 11 is 3.79. The standard InChI is InChI=1S/C19H26N4O8S/c20-11(6-10-4-2-1-3-5-10)16(27)22-13(8-24)18(29)21-12(7-15(25)26)17(28)23-14(9-32)19(30)31/h1-5,11-14,24,32H,6-9,20H2,(H,21,29)(H,22,27)(H,23,28)(H,25,26)(H,30,31). The number of aliphatic hydroxyl groups excluding tert-OH is 1. The number of thiol groups is 1. The van der Waals surface area contributed by atoms with Crippen LogP contribution in [0.1, 0.15) is 12.0 Å². The predicted molar refractivity (Wildman–Crippen MR) is 115 cm³/mol. The van der Waals surface area contributed by atoms with Crippen LogP contribution in [0.5, 0.6) is 0 Å². The highest BCUT2D eigenvalue weighted by Crippen LogP contribution is 2.03. The molecule has 1 rings (SSSR count). The Labute approximate surface area is 189 Å².